The molecule has 0 saturated heterocycles. The molecule has 2 heterocycles. The molecule has 1 N–H and O–H groups in total. The van der Waals surface area contributed by atoms with Crippen molar-refractivity contribution >= 4 is 0 Å². The van der Waals surface area contributed by atoms with E-state index in [9.17, 15) is 0 Å². The number of aromatic nitrogens is 5. The Labute approximate surface area is 62.5 Å². The van der Waals surface area contributed by atoms with Crippen molar-refractivity contribution in [1.29, 1.82) is 0 Å². The summed E-state index contributed by atoms with van der Waals surface area (Å²) in [5.74, 6) is 0. The van der Waals surface area contributed by atoms with Crippen LogP contribution in [0.5, 0.6) is 0 Å². The fourth-order valence-electron chi connectivity index (χ4n) is 0.783. The Morgan fingerprint density at radius 2 is 2.18 bits per heavy atom. The van der Waals surface area contributed by atoms with Crippen molar-refractivity contribution in [2.24, 2.45) is 0 Å². The Bertz CT molecular complexity index is 314. The molecule has 0 saturated carbocycles. The van der Waals surface area contributed by atoms with Crippen LogP contribution in [0.1, 0.15) is 0 Å². The van der Waals surface area contributed by atoms with Crippen molar-refractivity contribution in [3.05, 3.63) is 24.7 Å². The van der Waals surface area contributed by atoms with Gasteiger partial charge < -0.3 is 0 Å². The first-order valence-corrected chi connectivity index (χ1v) is 3.09. The average molecular weight is 147 g/mol. The smallest absolute Gasteiger partial charge is 0.114 e. The van der Waals surface area contributed by atoms with Crippen LogP contribution in [-0.4, -0.2) is 25.6 Å². The van der Waals surface area contributed by atoms with E-state index in [-0.39, 0.29) is 0 Å². The van der Waals surface area contributed by atoms with Crippen molar-refractivity contribution in [2.75, 3.05) is 0 Å². The normalized spacial score (nSPS) is 9.82. The molecule has 11 heavy (non-hydrogen) atoms. The van der Waals surface area contributed by atoms with Crippen LogP contribution in [0.15, 0.2) is 24.7 Å². The minimum absolute atomic E-state index is 0.778. The van der Waals surface area contributed by atoms with E-state index < -0.39 is 0 Å². The first-order valence-electron chi connectivity index (χ1n) is 3.09. The summed E-state index contributed by atoms with van der Waals surface area (Å²) in [6, 6.07) is 1.82. The zero-order valence-electron chi connectivity index (χ0n) is 5.60. The maximum Gasteiger partial charge on any atom is 0.114 e. The molecule has 0 amide bonds. The SMILES string of the molecule is c1cc(-c2cn[nH]n2)cnn1. The first-order chi connectivity index (χ1) is 5.47. The fourth-order valence-corrected chi connectivity index (χ4v) is 0.783. The summed E-state index contributed by atoms with van der Waals surface area (Å²) < 4.78 is 0. The number of nitrogens with one attached hydrogen (secondary N) is 1. The van der Waals surface area contributed by atoms with Gasteiger partial charge in [0.05, 0.1) is 18.6 Å². The van der Waals surface area contributed by atoms with Crippen LogP contribution in [0.25, 0.3) is 11.3 Å². The molecule has 2 rings (SSSR count). The van der Waals surface area contributed by atoms with Crippen LogP contribution < -0.4 is 0 Å². The molecule has 0 radical (unpaired) electrons. The molecule has 0 aliphatic carbocycles. The third-order valence-electron chi connectivity index (χ3n) is 1.30. The molecule has 0 aliphatic heterocycles. The van der Waals surface area contributed by atoms with Crippen LogP contribution in [-0.2, 0) is 0 Å². The van der Waals surface area contributed by atoms with Gasteiger partial charge in [0, 0.05) is 5.56 Å². The predicted molar refractivity (Wildman–Crippen MR) is 37.4 cm³/mol. The van der Waals surface area contributed by atoms with Gasteiger partial charge in [-0.05, 0) is 6.07 Å². The highest BCUT2D eigenvalue weighted by atomic mass is 15.3. The summed E-state index contributed by atoms with van der Waals surface area (Å²) in [4.78, 5) is 0. The lowest BCUT2D eigenvalue weighted by Gasteiger charge is -1.89. The van der Waals surface area contributed by atoms with Gasteiger partial charge in [-0.25, -0.2) is 0 Å². The topological polar surface area (TPSA) is 67.3 Å². The monoisotopic (exact) mass is 147 g/mol. The van der Waals surface area contributed by atoms with Gasteiger partial charge in [0.2, 0.25) is 0 Å². The number of hydrogen-bond donors (Lipinski definition) is 1. The second-order valence-corrected chi connectivity index (χ2v) is 1.99. The maximum atomic E-state index is 3.88. The summed E-state index contributed by atoms with van der Waals surface area (Å²) >= 11 is 0. The number of hydrogen-bond acceptors (Lipinski definition) is 4. The number of nitrogens with zero attached hydrogens (tertiary/aromatic N) is 4. The van der Waals surface area contributed by atoms with E-state index in [0.29, 0.717) is 0 Å². The van der Waals surface area contributed by atoms with Crippen LogP contribution >= 0.6 is 0 Å². The van der Waals surface area contributed by atoms with Crippen LogP contribution in [0, 0.1) is 0 Å². The van der Waals surface area contributed by atoms with Gasteiger partial charge in [-0.2, -0.15) is 25.6 Å². The predicted octanol–water partition coefficient (Wildman–Crippen LogP) is 0.262. The van der Waals surface area contributed by atoms with Crippen LogP contribution in [0.4, 0.5) is 0 Å². The van der Waals surface area contributed by atoms with Gasteiger partial charge in [-0.15, -0.1) is 0 Å². The Morgan fingerprint density at radius 3 is 2.82 bits per heavy atom. The fraction of sp³-hybridized carbons (Fsp3) is 0. The highest BCUT2D eigenvalue weighted by Crippen LogP contribution is 2.10. The van der Waals surface area contributed by atoms with Gasteiger partial charge in [-0.1, -0.05) is 0 Å². The van der Waals surface area contributed by atoms with Gasteiger partial charge in [0.25, 0.3) is 0 Å². The first kappa shape index (κ1) is 5.96. The number of rotatable bonds is 1. The second kappa shape index (κ2) is 2.45. The van der Waals surface area contributed by atoms with Crippen molar-refractivity contribution in [3.63, 3.8) is 0 Å². The summed E-state index contributed by atoms with van der Waals surface area (Å²) in [7, 11) is 0. The molecule has 0 bridgehead atoms. The number of aromatic amines is 1. The van der Waals surface area contributed by atoms with Gasteiger partial charge in [0.1, 0.15) is 5.69 Å². The van der Waals surface area contributed by atoms with E-state index in [1.807, 2.05) is 6.07 Å². The van der Waals surface area contributed by atoms with Crippen molar-refractivity contribution < 1.29 is 0 Å². The van der Waals surface area contributed by atoms with E-state index in [0.717, 1.165) is 11.3 Å². The third-order valence-corrected chi connectivity index (χ3v) is 1.30. The Hall–Kier alpha value is -1.78. The lowest BCUT2D eigenvalue weighted by Crippen LogP contribution is -1.81. The Balaban J connectivity index is 2.46. The molecule has 0 aliphatic rings. The summed E-state index contributed by atoms with van der Waals surface area (Å²) in [6.07, 6.45) is 4.89. The molecule has 0 spiro atoms. The van der Waals surface area contributed by atoms with Crippen molar-refractivity contribution in [3.8, 4) is 11.3 Å². The highest BCUT2D eigenvalue weighted by molar-refractivity contribution is 5.54. The quantitative estimate of drug-likeness (QED) is 0.628. The van der Waals surface area contributed by atoms with Crippen molar-refractivity contribution in [2.45, 2.75) is 0 Å². The minimum Gasteiger partial charge on any atom is -0.197 e. The largest absolute Gasteiger partial charge is 0.197 e. The van der Waals surface area contributed by atoms with E-state index >= 15 is 0 Å². The molecule has 5 nitrogen and oxygen atoms in total. The van der Waals surface area contributed by atoms with Gasteiger partial charge in [0.15, 0.2) is 0 Å². The highest BCUT2D eigenvalue weighted by Gasteiger charge is 1.97. The standard InChI is InChI=1S/C6H5N5/c1-2-7-8-3-5(1)6-4-9-11-10-6/h1-4H,(H,9,10,11). The molecule has 0 atom stereocenters. The Kier molecular flexibility index (Phi) is 1.33. The molecule has 54 valence electrons. The lowest BCUT2D eigenvalue weighted by atomic mass is 10.2. The van der Waals surface area contributed by atoms with E-state index in [4.69, 9.17) is 0 Å². The molecule has 0 fully saturated rings. The zero-order chi connectivity index (χ0) is 7.52. The summed E-state index contributed by atoms with van der Waals surface area (Å²) in [5, 5.41) is 17.4. The lowest BCUT2D eigenvalue weighted by molar-refractivity contribution is 0.940. The summed E-state index contributed by atoms with van der Waals surface area (Å²) in [5.41, 5.74) is 1.69. The average Bonchev–Trinajstić information content (AvgIpc) is 2.58. The molecular formula is C6H5N5. The van der Waals surface area contributed by atoms with E-state index in [1.54, 1.807) is 18.6 Å². The summed E-state index contributed by atoms with van der Waals surface area (Å²) in [6.45, 7) is 0. The zero-order valence-corrected chi connectivity index (χ0v) is 5.60. The molecule has 2 aromatic heterocycles. The second-order valence-electron chi connectivity index (χ2n) is 1.99. The Morgan fingerprint density at radius 1 is 1.18 bits per heavy atom. The van der Waals surface area contributed by atoms with E-state index in [2.05, 4.69) is 25.6 Å². The van der Waals surface area contributed by atoms with E-state index in [1.165, 1.54) is 0 Å². The van der Waals surface area contributed by atoms with Crippen LogP contribution in [0.3, 0.4) is 0 Å². The molecule has 5 heteroatoms. The number of H-pyrrole nitrogens is 1. The molecule has 0 unspecified atom stereocenters. The van der Waals surface area contributed by atoms with Gasteiger partial charge in [-0.3, -0.25) is 0 Å². The third kappa shape index (κ3) is 1.07. The molecular weight excluding hydrogens is 142 g/mol. The maximum absolute atomic E-state index is 3.88. The van der Waals surface area contributed by atoms with Gasteiger partial charge >= 0.3 is 0 Å². The van der Waals surface area contributed by atoms with Crippen molar-refractivity contribution in [1.82, 2.24) is 25.6 Å². The minimum atomic E-state index is 0.778. The molecule has 0 aromatic carbocycles. The van der Waals surface area contributed by atoms with Crippen LogP contribution in [0.2, 0.25) is 0 Å². The molecule has 2 aromatic rings.